The predicted molar refractivity (Wildman–Crippen MR) is 60.0 cm³/mol. The van der Waals surface area contributed by atoms with Crippen molar-refractivity contribution in [2.45, 2.75) is 26.3 Å². The first-order chi connectivity index (χ1) is 7.22. The van der Waals surface area contributed by atoms with Gasteiger partial charge in [0.1, 0.15) is 12.1 Å². The van der Waals surface area contributed by atoms with E-state index in [9.17, 15) is 0 Å². The third-order valence-electron chi connectivity index (χ3n) is 1.70. The van der Waals surface area contributed by atoms with Crippen molar-refractivity contribution in [3.05, 3.63) is 12.4 Å². The molecule has 0 bridgehead atoms. The van der Waals surface area contributed by atoms with Crippen molar-refractivity contribution in [2.75, 3.05) is 18.5 Å². The number of nitrogens with two attached hydrogens (primary N) is 1. The summed E-state index contributed by atoms with van der Waals surface area (Å²) in [7, 11) is 0. The number of anilines is 1. The van der Waals surface area contributed by atoms with Crippen molar-refractivity contribution < 1.29 is 4.74 Å². The Bertz CT molecular complexity index is 291. The number of nitrogens with one attached hydrogen (secondary N) is 1. The van der Waals surface area contributed by atoms with E-state index in [1.807, 2.05) is 6.92 Å². The van der Waals surface area contributed by atoms with E-state index in [0.717, 1.165) is 12.2 Å². The Morgan fingerprint density at radius 1 is 1.53 bits per heavy atom. The number of hydrogen-bond acceptors (Lipinski definition) is 5. The number of hydrogen-bond donors (Lipinski definition) is 2. The number of aromatic nitrogens is 2. The fraction of sp³-hybridized carbons (Fsp3) is 0.600. The molecule has 3 N–H and O–H groups in total. The summed E-state index contributed by atoms with van der Waals surface area (Å²) in [5.41, 5.74) is 5.62. The summed E-state index contributed by atoms with van der Waals surface area (Å²) in [4.78, 5) is 8.06. The van der Waals surface area contributed by atoms with Gasteiger partial charge in [-0.3, -0.25) is 0 Å². The van der Waals surface area contributed by atoms with Crippen LogP contribution in [0.25, 0.3) is 0 Å². The molecule has 1 unspecified atom stereocenters. The standard InChI is InChI=1S/C10H18N4O/c1-3-4-15-10-5-9(13-7-14-10)12-6-8(2)11/h5,7-8H,3-4,6,11H2,1-2H3,(H,12,13,14). The summed E-state index contributed by atoms with van der Waals surface area (Å²) in [6.45, 7) is 5.34. The van der Waals surface area contributed by atoms with Crippen LogP contribution in [0.5, 0.6) is 5.88 Å². The van der Waals surface area contributed by atoms with Crippen molar-refractivity contribution in [1.82, 2.24) is 9.97 Å². The minimum absolute atomic E-state index is 0.0972. The second-order valence-electron chi connectivity index (χ2n) is 3.45. The zero-order valence-corrected chi connectivity index (χ0v) is 9.23. The monoisotopic (exact) mass is 210 g/mol. The van der Waals surface area contributed by atoms with Gasteiger partial charge in [0.15, 0.2) is 0 Å². The van der Waals surface area contributed by atoms with E-state index in [0.29, 0.717) is 19.0 Å². The summed E-state index contributed by atoms with van der Waals surface area (Å²) in [6, 6.07) is 1.87. The molecule has 1 aromatic rings. The predicted octanol–water partition coefficient (Wildman–Crippen LogP) is 1.02. The van der Waals surface area contributed by atoms with Crippen molar-refractivity contribution in [3.8, 4) is 5.88 Å². The molecule has 1 heterocycles. The zero-order valence-electron chi connectivity index (χ0n) is 9.23. The van der Waals surface area contributed by atoms with Gasteiger partial charge >= 0.3 is 0 Å². The Morgan fingerprint density at radius 3 is 3.00 bits per heavy atom. The van der Waals surface area contributed by atoms with Crippen LogP contribution >= 0.6 is 0 Å². The quantitative estimate of drug-likeness (QED) is 0.733. The van der Waals surface area contributed by atoms with Crippen molar-refractivity contribution in [2.24, 2.45) is 5.73 Å². The second kappa shape index (κ2) is 6.19. The summed E-state index contributed by atoms with van der Waals surface area (Å²) < 4.78 is 5.38. The molecular weight excluding hydrogens is 192 g/mol. The fourth-order valence-corrected chi connectivity index (χ4v) is 0.987. The van der Waals surface area contributed by atoms with Crippen LogP contribution in [0.2, 0.25) is 0 Å². The lowest BCUT2D eigenvalue weighted by Gasteiger charge is -2.09. The Balaban J connectivity index is 2.50. The topological polar surface area (TPSA) is 73.1 Å². The molecule has 5 heteroatoms. The Labute approximate surface area is 90.1 Å². The molecule has 0 aliphatic carbocycles. The summed E-state index contributed by atoms with van der Waals surface area (Å²) in [6.07, 6.45) is 2.45. The maximum atomic E-state index is 5.62. The minimum Gasteiger partial charge on any atom is -0.478 e. The molecule has 0 aliphatic heterocycles. The van der Waals surface area contributed by atoms with Crippen LogP contribution in [0, 0.1) is 0 Å². The molecule has 5 nitrogen and oxygen atoms in total. The van der Waals surface area contributed by atoms with Crippen LogP contribution < -0.4 is 15.8 Å². The van der Waals surface area contributed by atoms with Gasteiger partial charge in [-0.05, 0) is 13.3 Å². The summed E-state index contributed by atoms with van der Waals surface area (Å²) in [5, 5.41) is 3.10. The molecule has 0 aliphatic rings. The largest absolute Gasteiger partial charge is 0.478 e. The number of nitrogens with zero attached hydrogens (tertiary/aromatic N) is 2. The maximum absolute atomic E-state index is 5.62. The Kier molecular flexibility index (Phi) is 4.83. The van der Waals surface area contributed by atoms with Gasteiger partial charge in [0.2, 0.25) is 5.88 Å². The number of ether oxygens (including phenoxy) is 1. The molecule has 0 saturated carbocycles. The Hall–Kier alpha value is -1.36. The summed E-state index contributed by atoms with van der Waals surface area (Å²) in [5.74, 6) is 1.34. The van der Waals surface area contributed by atoms with Crippen LogP contribution in [0.15, 0.2) is 12.4 Å². The van der Waals surface area contributed by atoms with Gasteiger partial charge in [-0.15, -0.1) is 0 Å². The van der Waals surface area contributed by atoms with Crippen LogP contribution in [-0.4, -0.2) is 29.2 Å². The third kappa shape index (κ3) is 4.60. The molecule has 0 aromatic carbocycles. The van der Waals surface area contributed by atoms with E-state index in [4.69, 9.17) is 10.5 Å². The molecule has 0 amide bonds. The molecular formula is C10H18N4O. The van der Waals surface area contributed by atoms with Crippen LogP contribution in [0.4, 0.5) is 5.82 Å². The van der Waals surface area contributed by atoms with E-state index in [-0.39, 0.29) is 6.04 Å². The molecule has 1 atom stereocenters. The highest BCUT2D eigenvalue weighted by Crippen LogP contribution is 2.10. The molecule has 15 heavy (non-hydrogen) atoms. The van der Waals surface area contributed by atoms with Gasteiger partial charge in [0.05, 0.1) is 6.61 Å². The SMILES string of the molecule is CCCOc1cc(NCC(C)N)ncn1. The average Bonchev–Trinajstić information content (AvgIpc) is 2.24. The summed E-state index contributed by atoms with van der Waals surface area (Å²) >= 11 is 0. The first-order valence-electron chi connectivity index (χ1n) is 5.16. The van der Waals surface area contributed by atoms with E-state index < -0.39 is 0 Å². The highest BCUT2D eigenvalue weighted by molar-refractivity contribution is 5.37. The normalized spacial score (nSPS) is 12.2. The highest BCUT2D eigenvalue weighted by Gasteiger charge is 2.00. The molecule has 1 aromatic heterocycles. The van der Waals surface area contributed by atoms with Gasteiger partial charge in [0, 0.05) is 18.7 Å². The van der Waals surface area contributed by atoms with Gasteiger partial charge in [-0.25, -0.2) is 9.97 Å². The van der Waals surface area contributed by atoms with Crippen molar-refractivity contribution in [1.29, 1.82) is 0 Å². The lowest BCUT2D eigenvalue weighted by Crippen LogP contribution is -2.25. The Morgan fingerprint density at radius 2 is 2.33 bits per heavy atom. The van der Waals surface area contributed by atoms with Crippen LogP contribution in [0.3, 0.4) is 0 Å². The molecule has 1 rings (SSSR count). The number of rotatable bonds is 6. The smallest absolute Gasteiger partial charge is 0.218 e. The van der Waals surface area contributed by atoms with Crippen molar-refractivity contribution >= 4 is 5.82 Å². The second-order valence-corrected chi connectivity index (χ2v) is 3.45. The minimum atomic E-state index is 0.0972. The fourth-order valence-electron chi connectivity index (χ4n) is 0.987. The van der Waals surface area contributed by atoms with Gasteiger partial charge in [-0.2, -0.15) is 0 Å². The van der Waals surface area contributed by atoms with Crippen LogP contribution in [-0.2, 0) is 0 Å². The lowest BCUT2D eigenvalue weighted by molar-refractivity contribution is 0.305. The van der Waals surface area contributed by atoms with Crippen LogP contribution in [0.1, 0.15) is 20.3 Å². The molecule has 0 spiro atoms. The zero-order chi connectivity index (χ0) is 11.1. The van der Waals surface area contributed by atoms with E-state index in [1.54, 1.807) is 6.07 Å². The average molecular weight is 210 g/mol. The van der Waals surface area contributed by atoms with E-state index >= 15 is 0 Å². The van der Waals surface area contributed by atoms with Crippen molar-refractivity contribution in [3.63, 3.8) is 0 Å². The first-order valence-corrected chi connectivity index (χ1v) is 5.16. The van der Waals surface area contributed by atoms with E-state index in [1.165, 1.54) is 6.33 Å². The van der Waals surface area contributed by atoms with Gasteiger partial charge in [-0.1, -0.05) is 6.92 Å². The maximum Gasteiger partial charge on any atom is 0.218 e. The highest BCUT2D eigenvalue weighted by atomic mass is 16.5. The third-order valence-corrected chi connectivity index (χ3v) is 1.70. The lowest BCUT2D eigenvalue weighted by atomic mass is 10.3. The molecule has 0 fully saturated rings. The molecule has 84 valence electrons. The molecule has 0 saturated heterocycles. The van der Waals surface area contributed by atoms with E-state index in [2.05, 4.69) is 22.2 Å². The van der Waals surface area contributed by atoms with Gasteiger partial charge < -0.3 is 15.8 Å². The molecule has 0 radical (unpaired) electrons. The van der Waals surface area contributed by atoms with Gasteiger partial charge in [0.25, 0.3) is 0 Å². The first kappa shape index (κ1) is 11.7.